The van der Waals surface area contributed by atoms with E-state index in [9.17, 15) is 5.11 Å². The highest BCUT2D eigenvalue weighted by atomic mass is 127. The molecule has 0 fully saturated rings. The number of halogens is 1. The third kappa shape index (κ3) is 4.28. The van der Waals surface area contributed by atoms with E-state index in [1.807, 2.05) is 36.4 Å². The first-order chi connectivity index (χ1) is 9.66. The maximum Gasteiger partial charge on any atom is 0.142 e. The van der Waals surface area contributed by atoms with Crippen LogP contribution in [0.25, 0.3) is 0 Å². The van der Waals surface area contributed by atoms with Crippen molar-refractivity contribution < 1.29 is 14.6 Å². The summed E-state index contributed by atoms with van der Waals surface area (Å²) in [4.78, 5) is 0. The maximum atomic E-state index is 9.86. The van der Waals surface area contributed by atoms with Crippen molar-refractivity contribution >= 4 is 28.3 Å². The highest BCUT2D eigenvalue weighted by Gasteiger charge is 2.09. The second kappa shape index (κ2) is 7.35. The molecule has 0 amide bonds. The van der Waals surface area contributed by atoms with Crippen LogP contribution in [-0.2, 0) is 0 Å². The Hall–Kier alpha value is -1.47. The minimum Gasteiger partial charge on any atom is -0.490 e. The summed E-state index contributed by atoms with van der Waals surface area (Å²) in [5.41, 5.74) is 6.31. The molecule has 3 N–H and O–H groups in total. The van der Waals surface area contributed by atoms with Crippen LogP contribution in [0.2, 0.25) is 0 Å². The van der Waals surface area contributed by atoms with E-state index in [-0.39, 0.29) is 13.2 Å². The topological polar surface area (TPSA) is 64.7 Å². The molecule has 0 aromatic heterocycles. The largest absolute Gasteiger partial charge is 0.490 e. The molecular formula is C15H16INO3. The highest BCUT2D eigenvalue weighted by Crippen LogP contribution is 2.21. The van der Waals surface area contributed by atoms with Crippen molar-refractivity contribution in [1.82, 2.24) is 0 Å². The molecule has 0 saturated heterocycles. The molecule has 0 bridgehead atoms. The fourth-order valence-electron chi connectivity index (χ4n) is 1.59. The van der Waals surface area contributed by atoms with Crippen LogP contribution in [0.3, 0.4) is 0 Å². The first-order valence-electron chi connectivity index (χ1n) is 6.19. The van der Waals surface area contributed by atoms with Crippen LogP contribution < -0.4 is 15.2 Å². The van der Waals surface area contributed by atoms with E-state index < -0.39 is 6.10 Å². The number of benzene rings is 2. The van der Waals surface area contributed by atoms with E-state index >= 15 is 0 Å². The van der Waals surface area contributed by atoms with Gasteiger partial charge in [-0.05, 0) is 46.9 Å². The van der Waals surface area contributed by atoms with Gasteiger partial charge in [0.2, 0.25) is 0 Å². The van der Waals surface area contributed by atoms with Crippen molar-refractivity contribution in [3.63, 3.8) is 0 Å². The van der Waals surface area contributed by atoms with Crippen LogP contribution in [0, 0.1) is 3.57 Å². The average Bonchev–Trinajstić information content (AvgIpc) is 2.45. The molecule has 0 aliphatic carbocycles. The molecule has 2 aromatic carbocycles. The zero-order valence-corrected chi connectivity index (χ0v) is 13.0. The minimum absolute atomic E-state index is 0.137. The predicted molar refractivity (Wildman–Crippen MR) is 87.0 cm³/mol. The molecule has 0 aliphatic heterocycles. The number of hydrogen-bond donors (Lipinski definition) is 2. The Balaban J connectivity index is 1.80. The Bertz CT molecular complexity index is 513. The van der Waals surface area contributed by atoms with Gasteiger partial charge in [-0.2, -0.15) is 0 Å². The van der Waals surface area contributed by atoms with Crippen molar-refractivity contribution in [2.75, 3.05) is 18.9 Å². The van der Waals surface area contributed by atoms with Gasteiger partial charge in [0, 0.05) is 0 Å². The Morgan fingerprint density at radius 2 is 1.50 bits per heavy atom. The molecule has 1 unspecified atom stereocenters. The lowest BCUT2D eigenvalue weighted by atomic mass is 10.3. The van der Waals surface area contributed by atoms with Gasteiger partial charge in [0.15, 0.2) is 0 Å². The molecule has 1 atom stereocenters. The molecule has 2 aromatic rings. The Morgan fingerprint density at radius 3 is 2.15 bits per heavy atom. The summed E-state index contributed by atoms with van der Waals surface area (Å²) in [6, 6.07) is 14.8. The van der Waals surface area contributed by atoms with Crippen LogP contribution >= 0.6 is 22.6 Å². The van der Waals surface area contributed by atoms with Crippen LogP contribution in [0.15, 0.2) is 48.5 Å². The maximum absolute atomic E-state index is 9.86. The zero-order valence-electron chi connectivity index (χ0n) is 10.8. The van der Waals surface area contributed by atoms with E-state index in [1.54, 1.807) is 12.1 Å². The number of aliphatic hydroxyl groups excluding tert-OH is 1. The number of hydrogen-bond acceptors (Lipinski definition) is 4. The Labute approximate surface area is 131 Å². The predicted octanol–water partition coefficient (Wildman–Crippen LogP) is 2.69. The van der Waals surface area contributed by atoms with Gasteiger partial charge in [-0.1, -0.05) is 24.3 Å². The Kier molecular flexibility index (Phi) is 5.49. The SMILES string of the molecule is Nc1ccccc1OCC(O)COc1ccccc1I. The summed E-state index contributed by atoms with van der Waals surface area (Å²) in [6.45, 7) is 0.310. The monoisotopic (exact) mass is 385 g/mol. The van der Waals surface area contributed by atoms with Gasteiger partial charge >= 0.3 is 0 Å². The lowest BCUT2D eigenvalue weighted by Gasteiger charge is -2.15. The summed E-state index contributed by atoms with van der Waals surface area (Å²) < 4.78 is 12.0. The zero-order chi connectivity index (χ0) is 14.4. The number of ether oxygens (including phenoxy) is 2. The summed E-state index contributed by atoms with van der Waals surface area (Å²) >= 11 is 2.19. The van der Waals surface area contributed by atoms with E-state index in [2.05, 4.69) is 22.6 Å². The number of nitrogen functional groups attached to an aromatic ring is 1. The molecule has 2 rings (SSSR count). The lowest BCUT2D eigenvalue weighted by Crippen LogP contribution is -2.25. The van der Waals surface area contributed by atoms with Crippen LogP contribution in [-0.4, -0.2) is 24.4 Å². The second-order valence-electron chi connectivity index (χ2n) is 4.24. The standard InChI is InChI=1S/C15H16INO3/c16-12-5-1-3-7-14(12)19-9-11(18)10-20-15-8-4-2-6-13(15)17/h1-8,11,18H,9-10,17H2. The molecule has 4 nitrogen and oxygen atoms in total. The lowest BCUT2D eigenvalue weighted by molar-refractivity contribution is 0.0626. The minimum atomic E-state index is -0.717. The molecular weight excluding hydrogens is 369 g/mol. The molecule has 0 radical (unpaired) electrons. The number of rotatable bonds is 6. The summed E-state index contributed by atoms with van der Waals surface area (Å²) in [5.74, 6) is 1.33. The smallest absolute Gasteiger partial charge is 0.142 e. The van der Waals surface area contributed by atoms with E-state index in [1.165, 1.54) is 0 Å². The third-order valence-corrected chi connectivity index (χ3v) is 3.51. The normalized spacial score (nSPS) is 11.9. The number of aliphatic hydroxyl groups is 1. The molecule has 0 aliphatic rings. The van der Waals surface area contributed by atoms with Crippen molar-refractivity contribution in [2.45, 2.75) is 6.10 Å². The van der Waals surface area contributed by atoms with E-state index in [4.69, 9.17) is 15.2 Å². The molecule has 20 heavy (non-hydrogen) atoms. The van der Waals surface area contributed by atoms with Crippen LogP contribution in [0.1, 0.15) is 0 Å². The first kappa shape index (κ1) is 14.9. The molecule has 5 heteroatoms. The van der Waals surface area contributed by atoms with Gasteiger partial charge in [0.05, 0.1) is 9.26 Å². The quantitative estimate of drug-likeness (QED) is 0.593. The number of nitrogens with two attached hydrogens (primary N) is 1. The molecule has 0 saturated carbocycles. The average molecular weight is 385 g/mol. The van der Waals surface area contributed by atoms with Gasteiger partial charge in [0.1, 0.15) is 30.8 Å². The van der Waals surface area contributed by atoms with E-state index in [0.717, 1.165) is 9.32 Å². The summed E-state index contributed by atoms with van der Waals surface area (Å²) in [6.07, 6.45) is -0.717. The summed E-state index contributed by atoms with van der Waals surface area (Å²) in [5, 5.41) is 9.86. The van der Waals surface area contributed by atoms with Gasteiger partial charge in [-0.25, -0.2) is 0 Å². The third-order valence-electron chi connectivity index (χ3n) is 2.62. The van der Waals surface area contributed by atoms with Gasteiger partial charge < -0.3 is 20.3 Å². The fourth-order valence-corrected chi connectivity index (χ4v) is 2.14. The van der Waals surface area contributed by atoms with Crippen LogP contribution in [0.4, 0.5) is 5.69 Å². The van der Waals surface area contributed by atoms with Crippen LogP contribution in [0.5, 0.6) is 11.5 Å². The van der Waals surface area contributed by atoms with Gasteiger partial charge in [-0.15, -0.1) is 0 Å². The first-order valence-corrected chi connectivity index (χ1v) is 7.27. The Morgan fingerprint density at radius 1 is 0.950 bits per heavy atom. The molecule has 106 valence electrons. The molecule has 0 heterocycles. The van der Waals surface area contributed by atoms with Crippen molar-refractivity contribution in [3.05, 3.63) is 52.1 Å². The number of anilines is 1. The van der Waals surface area contributed by atoms with Gasteiger partial charge in [-0.3, -0.25) is 0 Å². The van der Waals surface area contributed by atoms with Crippen molar-refractivity contribution in [3.8, 4) is 11.5 Å². The second-order valence-corrected chi connectivity index (χ2v) is 5.41. The fraction of sp³-hybridized carbons (Fsp3) is 0.200. The van der Waals surface area contributed by atoms with Crippen molar-refractivity contribution in [1.29, 1.82) is 0 Å². The van der Waals surface area contributed by atoms with Gasteiger partial charge in [0.25, 0.3) is 0 Å². The summed E-state index contributed by atoms with van der Waals surface area (Å²) in [7, 11) is 0. The highest BCUT2D eigenvalue weighted by molar-refractivity contribution is 14.1. The number of para-hydroxylation sites is 3. The van der Waals surface area contributed by atoms with E-state index in [0.29, 0.717) is 11.4 Å². The molecule has 0 spiro atoms. The van der Waals surface area contributed by atoms with Crippen molar-refractivity contribution in [2.24, 2.45) is 0 Å².